The highest BCUT2D eigenvalue weighted by molar-refractivity contribution is 7.26. The fraction of sp³-hybridized carbons (Fsp3) is 0. The van der Waals surface area contributed by atoms with Crippen LogP contribution in [0.3, 0.4) is 0 Å². The molecule has 0 aliphatic carbocycles. The van der Waals surface area contributed by atoms with Crippen LogP contribution in [0.4, 0.5) is 0 Å². The second-order valence-corrected chi connectivity index (χ2v) is 5.19. The van der Waals surface area contributed by atoms with Gasteiger partial charge in [-0.25, -0.2) is 0 Å². The van der Waals surface area contributed by atoms with Crippen molar-refractivity contribution in [3.05, 3.63) is 41.4 Å². The zero-order valence-electron chi connectivity index (χ0n) is 8.40. The Labute approximate surface area is 103 Å². The monoisotopic (exact) mass is 246 g/mol. The van der Waals surface area contributed by atoms with E-state index in [0.717, 1.165) is 21.3 Å². The smallest absolute Gasteiger partial charge is 0.304 e. The molecular weight excluding hydrogens is 238 g/mol. The van der Waals surface area contributed by atoms with Crippen LogP contribution >= 0.6 is 22.9 Å². The van der Waals surface area contributed by atoms with Crippen molar-refractivity contribution in [3.63, 3.8) is 0 Å². The summed E-state index contributed by atoms with van der Waals surface area (Å²) in [6, 6.07) is 12.0. The fourth-order valence-electron chi connectivity index (χ4n) is 1.93. The van der Waals surface area contributed by atoms with Crippen molar-refractivity contribution in [1.82, 2.24) is 0 Å². The molecule has 0 amide bonds. The largest absolute Gasteiger partial charge is 0.449 e. The molecule has 0 bridgehead atoms. The molecule has 1 heterocycles. The first kappa shape index (κ1) is 10.1. The van der Waals surface area contributed by atoms with E-state index in [-0.39, 0.29) is 7.48 Å². The topological polar surface area (TPSA) is 20.2 Å². The molecule has 4 heteroatoms. The summed E-state index contributed by atoms with van der Waals surface area (Å²) < 4.78 is 2.40. The molecule has 0 unspecified atom stereocenters. The maximum atomic E-state index is 9.15. The average molecular weight is 247 g/mol. The Hall–Kier alpha value is -1.03. The lowest BCUT2D eigenvalue weighted by Gasteiger charge is -1.97. The molecule has 0 spiro atoms. The molecule has 2 aromatic carbocycles. The highest BCUT2D eigenvalue weighted by Gasteiger charge is 2.08. The second-order valence-electron chi connectivity index (χ2n) is 3.70. The highest BCUT2D eigenvalue weighted by Crippen LogP contribution is 2.37. The van der Waals surface area contributed by atoms with E-state index in [9.17, 15) is 0 Å². The van der Waals surface area contributed by atoms with Gasteiger partial charge in [0.2, 0.25) is 0 Å². The van der Waals surface area contributed by atoms with Crippen molar-refractivity contribution < 1.29 is 5.02 Å². The Morgan fingerprint density at radius 3 is 2.81 bits per heavy atom. The first-order chi connectivity index (χ1) is 7.79. The van der Waals surface area contributed by atoms with E-state index < -0.39 is 0 Å². The van der Waals surface area contributed by atoms with Gasteiger partial charge in [0.15, 0.2) is 0 Å². The van der Waals surface area contributed by atoms with E-state index in [1.165, 1.54) is 9.40 Å². The average Bonchev–Trinajstić information content (AvgIpc) is 2.67. The predicted molar refractivity (Wildman–Crippen MR) is 73.3 cm³/mol. The van der Waals surface area contributed by atoms with Crippen molar-refractivity contribution in [3.8, 4) is 0 Å². The lowest BCUT2D eigenvalue weighted by molar-refractivity contribution is 0.615. The van der Waals surface area contributed by atoms with E-state index >= 15 is 0 Å². The normalized spacial score (nSPS) is 11.1. The van der Waals surface area contributed by atoms with Crippen molar-refractivity contribution in [2.75, 3.05) is 0 Å². The van der Waals surface area contributed by atoms with Gasteiger partial charge in [-0.3, -0.25) is 0 Å². The van der Waals surface area contributed by atoms with Gasteiger partial charge in [-0.05, 0) is 18.2 Å². The molecule has 78 valence electrons. The number of rotatable bonds is 1. The van der Waals surface area contributed by atoms with E-state index in [1.807, 2.05) is 30.3 Å². The Morgan fingerprint density at radius 2 is 2.00 bits per heavy atom. The molecule has 0 atom stereocenters. The molecule has 1 N–H and O–H groups in total. The third kappa shape index (κ3) is 1.44. The molecule has 0 saturated heterocycles. The molecule has 1 aromatic heterocycles. The van der Waals surface area contributed by atoms with Gasteiger partial charge in [-0.2, -0.15) is 0 Å². The van der Waals surface area contributed by atoms with Gasteiger partial charge in [-0.15, -0.1) is 11.3 Å². The van der Waals surface area contributed by atoms with Crippen LogP contribution in [-0.2, 0) is 0 Å². The molecule has 0 aliphatic rings. The van der Waals surface area contributed by atoms with Crippen LogP contribution in [0.25, 0.3) is 20.2 Å². The van der Waals surface area contributed by atoms with Gasteiger partial charge < -0.3 is 5.02 Å². The van der Waals surface area contributed by atoms with Gasteiger partial charge in [-0.1, -0.05) is 35.3 Å². The maximum absolute atomic E-state index is 9.15. The number of hydrogen-bond donors (Lipinski definition) is 1. The van der Waals surface area contributed by atoms with E-state index in [4.69, 9.17) is 16.6 Å². The molecule has 0 aliphatic heterocycles. The number of hydrogen-bond acceptors (Lipinski definition) is 2. The van der Waals surface area contributed by atoms with Crippen molar-refractivity contribution in [2.45, 2.75) is 0 Å². The van der Waals surface area contributed by atoms with Gasteiger partial charge in [0.05, 0.1) is 0 Å². The zero-order valence-corrected chi connectivity index (χ0v) is 9.98. The summed E-state index contributed by atoms with van der Waals surface area (Å²) in [5.74, 6) is 0. The Kier molecular flexibility index (Phi) is 2.39. The molecule has 0 radical (unpaired) electrons. The van der Waals surface area contributed by atoms with Crippen LogP contribution in [0.5, 0.6) is 0 Å². The first-order valence-corrected chi connectivity index (χ1v) is 6.19. The van der Waals surface area contributed by atoms with Crippen molar-refractivity contribution in [1.29, 1.82) is 0 Å². The molecule has 16 heavy (non-hydrogen) atoms. The number of fused-ring (bicyclic) bond motifs is 3. The molecule has 3 aromatic rings. The lowest BCUT2D eigenvalue weighted by Crippen LogP contribution is -2.11. The highest BCUT2D eigenvalue weighted by atomic mass is 35.5. The minimum atomic E-state index is 0.0672. The number of halogens is 1. The summed E-state index contributed by atoms with van der Waals surface area (Å²) in [4.78, 5) is 0. The van der Waals surface area contributed by atoms with Crippen molar-refractivity contribution in [2.24, 2.45) is 0 Å². The number of benzene rings is 2. The van der Waals surface area contributed by atoms with Gasteiger partial charge in [0.25, 0.3) is 0 Å². The van der Waals surface area contributed by atoms with Gasteiger partial charge in [0, 0.05) is 25.2 Å². The maximum Gasteiger partial charge on any atom is 0.304 e. The zero-order chi connectivity index (χ0) is 11.1. The Bertz CT molecular complexity index is 677. The minimum Gasteiger partial charge on any atom is -0.449 e. The Morgan fingerprint density at radius 1 is 1.12 bits per heavy atom. The molecule has 3 rings (SSSR count). The summed E-state index contributed by atoms with van der Waals surface area (Å²) in [5, 5.41) is 12.2. The third-order valence-corrected chi connectivity index (χ3v) is 4.14. The second kappa shape index (κ2) is 3.77. The van der Waals surface area contributed by atoms with E-state index in [0.29, 0.717) is 0 Å². The summed E-state index contributed by atoms with van der Waals surface area (Å²) in [5.41, 5.74) is 0.923. The molecule has 0 saturated carbocycles. The summed E-state index contributed by atoms with van der Waals surface area (Å²) >= 11 is 7.95. The summed E-state index contributed by atoms with van der Waals surface area (Å²) in [6.45, 7) is 0. The van der Waals surface area contributed by atoms with Gasteiger partial charge in [0.1, 0.15) is 0 Å². The quantitative estimate of drug-likeness (QED) is 0.655. The SMILES string of the molecule is OBc1ccc2sc3cccc(Cl)c3c2c1. The van der Waals surface area contributed by atoms with Crippen LogP contribution < -0.4 is 5.46 Å². The van der Waals surface area contributed by atoms with Crippen LogP contribution in [-0.4, -0.2) is 12.5 Å². The van der Waals surface area contributed by atoms with Gasteiger partial charge >= 0.3 is 7.48 Å². The summed E-state index contributed by atoms with van der Waals surface area (Å²) in [7, 11) is 0.0672. The lowest BCUT2D eigenvalue weighted by atomic mass is 9.88. The van der Waals surface area contributed by atoms with Crippen LogP contribution in [0.2, 0.25) is 5.02 Å². The molecular formula is C12H8BClOS. The van der Waals surface area contributed by atoms with Crippen LogP contribution in [0.1, 0.15) is 0 Å². The third-order valence-electron chi connectivity index (χ3n) is 2.69. The van der Waals surface area contributed by atoms with Crippen LogP contribution in [0.15, 0.2) is 36.4 Å². The summed E-state index contributed by atoms with van der Waals surface area (Å²) in [6.07, 6.45) is 0. The van der Waals surface area contributed by atoms with E-state index in [2.05, 4.69) is 6.07 Å². The van der Waals surface area contributed by atoms with E-state index in [1.54, 1.807) is 11.3 Å². The molecule has 0 fully saturated rings. The predicted octanol–water partition coefficient (Wildman–Crippen LogP) is 2.68. The molecule has 1 nitrogen and oxygen atoms in total. The Balaban J connectivity index is 2.50. The fourth-order valence-corrected chi connectivity index (χ4v) is 3.37. The minimum absolute atomic E-state index is 0.0672. The number of thiophene rings is 1. The standard InChI is InChI=1S/C12H8BClOS/c14-9-2-1-3-11-12(9)8-6-7(13-15)4-5-10(8)16-11/h1-6,13,15H. The first-order valence-electron chi connectivity index (χ1n) is 5.00. The van der Waals surface area contributed by atoms with Crippen molar-refractivity contribution >= 4 is 56.1 Å². The van der Waals surface area contributed by atoms with Crippen LogP contribution in [0, 0.1) is 0 Å².